The molecule has 1 saturated carbocycles. The van der Waals surface area contributed by atoms with Crippen LogP contribution in [0.15, 0.2) is 35.9 Å². The number of carbonyl (C=O) groups excluding carboxylic acids is 2. The maximum Gasteiger partial charge on any atom is 0.280 e. The number of nitrogens with zero attached hydrogens (tertiary/aromatic N) is 3. The Kier molecular flexibility index (Phi) is 4.53. The van der Waals surface area contributed by atoms with Crippen molar-refractivity contribution in [2.45, 2.75) is 58.3 Å². The highest BCUT2D eigenvalue weighted by molar-refractivity contribution is 6.19. The zero-order valence-electron chi connectivity index (χ0n) is 16.5. The van der Waals surface area contributed by atoms with Crippen molar-refractivity contribution in [1.82, 2.24) is 25.6 Å². The van der Waals surface area contributed by atoms with Crippen LogP contribution in [0.25, 0.3) is 0 Å². The average molecular weight is 385 g/mol. The van der Waals surface area contributed by atoms with Gasteiger partial charge in [-0.05, 0) is 30.4 Å². The van der Waals surface area contributed by atoms with Gasteiger partial charge in [0.25, 0.3) is 11.8 Å². The van der Waals surface area contributed by atoms with Crippen LogP contribution in [0, 0.1) is 5.41 Å². The fraction of sp³-hybridized carbons (Fsp3) is 0.550. The SMILES string of the molecule is CC(C)(C)CN1C(O)=C(C(=O)NC2CC2)C(=O)N2NC(c3ccccn3)CC12. The first-order valence-electron chi connectivity index (χ1n) is 9.76. The predicted octanol–water partition coefficient (Wildman–Crippen LogP) is 1.60. The fourth-order valence-electron chi connectivity index (χ4n) is 3.73. The minimum atomic E-state index is -0.509. The molecular weight excluding hydrogens is 358 g/mol. The summed E-state index contributed by atoms with van der Waals surface area (Å²) < 4.78 is 0. The summed E-state index contributed by atoms with van der Waals surface area (Å²) >= 11 is 0. The van der Waals surface area contributed by atoms with Crippen molar-refractivity contribution in [1.29, 1.82) is 0 Å². The maximum atomic E-state index is 13.1. The van der Waals surface area contributed by atoms with E-state index in [1.807, 2.05) is 18.2 Å². The predicted molar refractivity (Wildman–Crippen MR) is 102 cm³/mol. The molecule has 0 spiro atoms. The number of hydrogen-bond acceptors (Lipinski definition) is 6. The molecule has 1 aliphatic carbocycles. The highest BCUT2D eigenvalue weighted by Gasteiger charge is 2.49. The monoisotopic (exact) mass is 385 g/mol. The van der Waals surface area contributed by atoms with Crippen molar-refractivity contribution in [3.63, 3.8) is 0 Å². The number of pyridine rings is 1. The van der Waals surface area contributed by atoms with Crippen molar-refractivity contribution in [2.75, 3.05) is 6.54 Å². The first kappa shape index (κ1) is 18.7. The summed E-state index contributed by atoms with van der Waals surface area (Å²) in [6.45, 7) is 6.68. The lowest BCUT2D eigenvalue weighted by atomic mass is 9.94. The average Bonchev–Trinajstić information content (AvgIpc) is 3.32. The van der Waals surface area contributed by atoms with Gasteiger partial charge in [0.2, 0.25) is 5.88 Å². The standard InChI is InChI=1S/C20H27N5O3/c1-20(2,3)11-24-15-10-14(13-6-4-5-9-21-13)23-25(15)19(28)16(18(24)27)17(26)22-12-7-8-12/h4-6,9,12,14-15,23,27H,7-8,10-11H2,1-3H3,(H,22,26). The van der Waals surface area contributed by atoms with Gasteiger partial charge in [-0.25, -0.2) is 10.4 Å². The number of aromatic nitrogens is 1. The van der Waals surface area contributed by atoms with Crippen molar-refractivity contribution in [3.05, 3.63) is 41.5 Å². The van der Waals surface area contributed by atoms with Crippen LogP contribution in [-0.4, -0.2) is 50.6 Å². The zero-order chi connectivity index (χ0) is 20.1. The van der Waals surface area contributed by atoms with E-state index >= 15 is 0 Å². The number of nitrogens with one attached hydrogen (secondary N) is 2. The lowest BCUT2D eigenvalue weighted by Gasteiger charge is -2.42. The lowest BCUT2D eigenvalue weighted by molar-refractivity contribution is -0.142. The molecule has 1 saturated heterocycles. The number of hydrazine groups is 1. The van der Waals surface area contributed by atoms with Gasteiger partial charge in [0, 0.05) is 25.2 Å². The quantitative estimate of drug-likeness (QED) is 0.681. The normalized spacial score (nSPS) is 25.2. The summed E-state index contributed by atoms with van der Waals surface area (Å²) in [4.78, 5) is 31.9. The summed E-state index contributed by atoms with van der Waals surface area (Å²) in [6, 6.07) is 5.58. The maximum absolute atomic E-state index is 13.1. The van der Waals surface area contributed by atoms with E-state index in [0.29, 0.717) is 13.0 Å². The van der Waals surface area contributed by atoms with Crippen LogP contribution >= 0.6 is 0 Å². The van der Waals surface area contributed by atoms with Crippen LogP contribution in [0.4, 0.5) is 0 Å². The molecule has 1 aromatic rings. The summed E-state index contributed by atoms with van der Waals surface area (Å²) in [6.07, 6.45) is 3.72. The number of hydrogen-bond donors (Lipinski definition) is 3. The molecule has 3 aliphatic rings. The molecule has 2 unspecified atom stereocenters. The van der Waals surface area contributed by atoms with Gasteiger partial charge >= 0.3 is 0 Å². The Morgan fingerprint density at radius 1 is 1.36 bits per heavy atom. The first-order valence-corrected chi connectivity index (χ1v) is 9.76. The molecule has 0 bridgehead atoms. The Morgan fingerprint density at radius 3 is 2.71 bits per heavy atom. The van der Waals surface area contributed by atoms with Gasteiger partial charge in [0.15, 0.2) is 5.57 Å². The van der Waals surface area contributed by atoms with Gasteiger partial charge in [-0.15, -0.1) is 0 Å². The van der Waals surface area contributed by atoms with Crippen LogP contribution in [0.5, 0.6) is 0 Å². The van der Waals surface area contributed by atoms with E-state index < -0.39 is 11.8 Å². The van der Waals surface area contributed by atoms with E-state index in [1.165, 1.54) is 5.01 Å². The van der Waals surface area contributed by atoms with Crippen molar-refractivity contribution < 1.29 is 14.7 Å². The lowest BCUT2D eigenvalue weighted by Crippen LogP contribution is -2.58. The van der Waals surface area contributed by atoms with Gasteiger partial charge in [-0.1, -0.05) is 26.8 Å². The molecule has 8 heteroatoms. The summed E-state index contributed by atoms with van der Waals surface area (Å²) in [5.41, 5.74) is 3.70. The third-order valence-electron chi connectivity index (χ3n) is 5.16. The number of aliphatic hydroxyl groups is 1. The molecule has 150 valence electrons. The van der Waals surface area contributed by atoms with E-state index in [2.05, 4.69) is 36.5 Å². The molecular formula is C20H27N5O3. The summed E-state index contributed by atoms with van der Waals surface area (Å²) in [7, 11) is 0. The molecule has 28 heavy (non-hydrogen) atoms. The van der Waals surface area contributed by atoms with E-state index in [9.17, 15) is 14.7 Å². The van der Waals surface area contributed by atoms with Gasteiger partial charge in [-0.3, -0.25) is 14.6 Å². The van der Waals surface area contributed by atoms with Crippen LogP contribution in [0.2, 0.25) is 0 Å². The molecule has 2 atom stereocenters. The van der Waals surface area contributed by atoms with Crippen molar-refractivity contribution in [3.8, 4) is 0 Å². The van der Waals surface area contributed by atoms with E-state index in [-0.39, 0.29) is 35.1 Å². The van der Waals surface area contributed by atoms with Crippen LogP contribution in [0.3, 0.4) is 0 Å². The number of aliphatic hydroxyl groups excluding tert-OH is 1. The fourth-order valence-corrected chi connectivity index (χ4v) is 3.73. The topological polar surface area (TPSA) is 97.8 Å². The molecule has 1 aromatic heterocycles. The van der Waals surface area contributed by atoms with Crippen LogP contribution < -0.4 is 10.7 Å². The Hall–Kier alpha value is -2.61. The molecule has 3 N–H and O–H groups in total. The molecule has 2 amide bonds. The number of carbonyl (C=O) groups is 2. The third-order valence-corrected chi connectivity index (χ3v) is 5.16. The number of rotatable bonds is 4. The van der Waals surface area contributed by atoms with E-state index in [4.69, 9.17) is 0 Å². The van der Waals surface area contributed by atoms with Gasteiger partial charge in [0.1, 0.15) is 6.17 Å². The molecule has 0 aromatic carbocycles. The third kappa shape index (κ3) is 3.56. The Bertz CT molecular complexity index is 813. The van der Waals surface area contributed by atoms with Crippen LogP contribution in [0.1, 0.15) is 51.8 Å². The second-order valence-corrected chi connectivity index (χ2v) is 8.96. The summed E-state index contributed by atoms with van der Waals surface area (Å²) in [5, 5.41) is 15.2. The van der Waals surface area contributed by atoms with Gasteiger partial charge in [0.05, 0.1) is 11.7 Å². The summed E-state index contributed by atoms with van der Waals surface area (Å²) in [5.74, 6) is -1.24. The molecule has 3 heterocycles. The molecule has 0 radical (unpaired) electrons. The Labute approximate surface area is 164 Å². The molecule has 2 aliphatic heterocycles. The highest BCUT2D eigenvalue weighted by atomic mass is 16.3. The largest absolute Gasteiger partial charge is 0.494 e. The Morgan fingerprint density at radius 2 is 2.11 bits per heavy atom. The minimum absolute atomic E-state index is 0.0993. The smallest absolute Gasteiger partial charge is 0.280 e. The van der Waals surface area contributed by atoms with Gasteiger partial charge < -0.3 is 15.3 Å². The second kappa shape index (κ2) is 6.77. The molecule has 2 fully saturated rings. The minimum Gasteiger partial charge on any atom is -0.494 e. The molecule has 8 nitrogen and oxygen atoms in total. The van der Waals surface area contributed by atoms with E-state index in [0.717, 1.165) is 18.5 Å². The zero-order valence-corrected chi connectivity index (χ0v) is 16.5. The van der Waals surface area contributed by atoms with Crippen molar-refractivity contribution in [2.24, 2.45) is 5.41 Å². The Balaban J connectivity index is 1.67. The van der Waals surface area contributed by atoms with Crippen molar-refractivity contribution >= 4 is 11.8 Å². The second-order valence-electron chi connectivity index (χ2n) is 8.96. The number of amides is 2. The molecule has 4 rings (SSSR count). The van der Waals surface area contributed by atoms with E-state index in [1.54, 1.807) is 11.1 Å². The van der Waals surface area contributed by atoms with Gasteiger partial charge in [-0.2, -0.15) is 0 Å². The highest BCUT2D eigenvalue weighted by Crippen LogP contribution is 2.36. The first-order chi connectivity index (χ1) is 13.2. The number of fused-ring (bicyclic) bond motifs is 1. The van der Waals surface area contributed by atoms with Crippen LogP contribution in [-0.2, 0) is 9.59 Å².